The lowest BCUT2D eigenvalue weighted by Crippen LogP contribution is -2.15. The van der Waals surface area contributed by atoms with Gasteiger partial charge in [0.25, 0.3) is 0 Å². The maximum atomic E-state index is 11.0. The Morgan fingerprint density at radius 3 is 2.62 bits per heavy atom. The molecule has 0 saturated heterocycles. The Balaban J connectivity index is 1.92. The van der Waals surface area contributed by atoms with Gasteiger partial charge in [-0.25, -0.2) is 4.79 Å². The first kappa shape index (κ1) is 14.2. The van der Waals surface area contributed by atoms with E-state index >= 15 is 0 Å². The van der Waals surface area contributed by atoms with Gasteiger partial charge >= 0.3 is 5.97 Å². The summed E-state index contributed by atoms with van der Waals surface area (Å²) in [4.78, 5) is 13.3. The van der Waals surface area contributed by atoms with E-state index in [2.05, 4.69) is 27.5 Å². The number of phenols is 1. The number of nitrogens with zero attached hydrogens (tertiary/aromatic N) is 1. The van der Waals surface area contributed by atoms with Crippen LogP contribution >= 0.6 is 22.6 Å². The molecule has 1 heterocycles. The summed E-state index contributed by atoms with van der Waals surface area (Å²) >= 11 is 2.28. The summed E-state index contributed by atoms with van der Waals surface area (Å²) in [6.45, 7) is 1.47. The first-order valence-corrected chi connectivity index (χ1v) is 8.09. The average molecular weight is 395 g/mol. The second-order valence-corrected chi connectivity index (χ2v) is 5.85. The smallest absolute Gasteiger partial charge is 0.335 e. The van der Waals surface area contributed by atoms with Crippen LogP contribution in [0.5, 0.6) is 5.75 Å². The average Bonchev–Trinajstić information content (AvgIpc) is 2.89. The Morgan fingerprint density at radius 2 is 1.90 bits per heavy atom. The highest BCUT2D eigenvalue weighted by molar-refractivity contribution is 14.1. The molecule has 1 aliphatic rings. The van der Waals surface area contributed by atoms with E-state index in [-0.39, 0.29) is 5.75 Å². The minimum absolute atomic E-state index is 0.273. The molecule has 21 heavy (non-hydrogen) atoms. The molecule has 0 atom stereocenters. The Labute approximate surface area is 136 Å². The number of rotatable bonds is 3. The number of anilines is 1. The molecule has 0 unspecified atom stereocenters. The number of phenolic OH excluding ortho intramolecular Hbond substituents is 1. The predicted molar refractivity (Wildman–Crippen MR) is 89.1 cm³/mol. The van der Waals surface area contributed by atoms with Gasteiger partial charge in [0, 0.05) is 23.2 Å². The van der Waals surface area contributed by atoms with Crippen LogP contribution in [0.2, 0.25) is 0 Å². The van der Waals surface area contributed by atoms with Crippen molar-refractivity contribution in [1.29, 1.82) is 0 Å². The fourth-order valence-electron chi connectivity index (χ4n) is 2.69. The Morgan fingerprint density at radius 1 is 1.14 bits per heavy atom. The lowest BCUT2D eigenvalue weighted by atomic mass is 10.1. The minimum atomic E-state index is -0.895. The summed E-state index contributed by atoms with van der Waals surface area (Å²) in [6.07, 6.45) is 0. The molecule has 0 fully saturated rings. The minimum Gasteiger partial charge on any atom is -0.508 e. The third-order valence-corrected chi connectivity index (χ3v) is 4.55. The van der Waals surface area contributed by atoms with Crippen molar-refractivity contribution < 1.29 is 15.0 Å². The molecule has 2 aromatic rings. The highest BCUT2D eigenvalue weighted by atomic mass is 127. The van der Waals surface area contributed by atoms with Crippen molar-refractivity contribution in [2.24, 2.45) is 0 Å². The number of hydrogen-bond donors (Lipinski definition) is 2. The molecule has 0 amide bonds. The first-order chi connectivity index (χ1) is 10.1. The number of fused-ring (bicyclic) bond motifs is 1. The molecule has 1 aliphatic heterocycles. The van der Waals surface area contributed by atoms with Gasteiger partial charge in [-0.3, -0.25) is 0 Å². The SMILES string of the molecule is O=C(O)c1ccc2c(c1)CN(c1ccc(O)cc1CI)C2. The van der Waals surface area contributed by atoms with Crippen molar-refractivity contribution in [3.8, 4) is 5.75 Å². The fraction of sp³-hybridized carbons (Fsp3) is 0.188. The number of hydrogen-bond acceptors (Lipinski definition) is 3. The second kappa shape index (κ2) is 5.55. The molecule has 0 spiro atoms. The molecule has 0 saturated carbocycles. The van der Waals surface area contributed by atoms with Crippen LogP contribution in [0.1, 0.15) is 27.0 Å². The molecule has 108 valence electrons. The van der Waals surface area contributed by atoms with E-state index in [9.17, 15) is 9.90 Å². The molecule has 2 N–H and O–H groups in total. The highest BCUT2D eigenvalue weighted by Crippen LogP contribution is 2.33. The highest BCUT2D eigenvalue weighted by Gasteiger charge is 2.22. The zero-order valence-electron chi connectivity index (χ0n) is 11.2. The fourth-order valence-corrected chi connectivity index (χ4v) is 3.30. The van der Waals surface area contributed by atoms with Gasteiger partial charge in [-0.05, 0) is 47.0 Å². The van der Waals surface area contributed by atoms with Gasteiger partial charge in [0.1, 0.15) is 5.75 Å². The molecule has 0 bridgehead atoms. The Hall–Kier alpha value is -1.76. The van der Waals surface area contributed by atoms with Gasteiger partial charge in [0.05, 0.1) is 5.56 Å². The summed E-state index contributed by atoms with van der Waals surface area (Å²) in [7, 11) is 0. The maximum absolute atomic E-state index is 11.0. The maximum Gasteiger partial charge on any atom is 0.335 e. The van der Waals surface area contributed by atoms with Crippen molar-refractivity contribution in [1.82, 2.24) is 0 Å². The number of carbonyl (C=O) groups is 1. The van der Waals surface area contributed by atoms with Crippen LogP contribution in [-0.4, -0.2) is 16.2 Å². The zero-order valence-corrected chi connectivity index (χ0v) is 13.4. The van der Waals surface area contributed by atoms with Crippen LogP contribution in [0.25, 0.3) is 0 Å². The summed E-state index contributed by atoms with van der Waals surface area (Å²) in [6, 6.07) is 10.7. The summed E-state index contributed by atoms with van der Waals surface area (Å²) in [5.74, 6) is -0.621. The second-order valence-electron chi connectivity index (χ2n) is 5.09. The predicted octanol–water partition coefficient (Wildman–Crippen LogP) is 3.55. The van der Waals surface area contributed by atoms with Gasteiger partial charge < -0.3 is 15.1 Å². The summed E-state index contributed by atoms with van der Waals surface area (Å²) in [5.41, 5.74) is 4.72. The van der Waals surface area contributed by atoms with Crippen LogP contribution in [0.3, 0.4) is 0 Å². The van der Waals surface area contributed by atoms with Crippen molar-refractivity contribution >= 4 is 34.2 Å². The quantitative estimate of drug-likeness (QED) is 0.617. The van der Waals surface area contributed by atoms with Crippen LogP contribution in [-0.2, 0) is 17.5 Å². The Kier molecular flexibility index (Phi) is 3.75. The summed E-state index contributed by atoms with van der Waals surface area (Å²) in [5, 5.41) is 18.7. The Bertz CT molecular complexity index is 715. The van der Waals surface area contributed by atoms with Gasteiger partial charge in [-0.1, -0.05) is 28.7 Å². The molecule has 5 heteroatoms. The molecule has 0 aliphatic carbocycles. The third kappa shape index (κ3) is 2.70. The molecule has 0 aromatic heterocycles. The van der Waals surface area contributed by atoms with Gasteiger partial charge in [-0.2, -0.15) is 0 Å². The van der Waals surface area contributed by atoms with Crippen LogP contribution in [0.15, 0.2) is 36.4 Å². The number of carboxylic acids is 1. The van der Waals surface area contributed by atoms with Gasteiger partial charge in [-0.15, -0.1) is 0 Å². The van der Waals surface area contributed by atoms with Crippen LogP contribution in [0, 0.1) is 0 Å². The van der Waals surface area contributed by atoms with E-state index in [0.29, 0.717) is 12.1 Å². The molecular weight excluding hydrogens is 381 g/mol. The van der Waals surface area contributed by atoms with E-state index in [1.54, 1.807) is 24.3 Å². The van der Waals surface area contributed by atoms with E-state index < -0.39 is 5.97 Å². The molecular formula is C16H14INO3. The number of alkyl halides is 1. The van der Waals surface area contributed by atoms with E-state index in [4.69, 9.17) is 5.11 Å². The number of aromatic carboxylic acids is 1. The number of halogens is 1. The lowest BCUT2D eigenvalue weighted by Gasteiger charge is -2.21. The van der Waals surface area contributed by atoms with Gasteiger partial charge in [0.15, 0.2) is 0 Å². The first-order valence-electron chi connectivity index (χ1n) is 6.56. The molecule has 0 radical (unpaired) electrons. The van der Waals surface area contributed by atoms with E-state index in [0.717, 1.165) is 33.4 Å². The molecule has 2 aromatic carbocycles. The monoisotopic (exact) mass is 395 g/mol. The zero-order chi connectivity index (χ0) is 15.0. The summed E-state index contributed by atoms with van der Waals surface area (Å²) < 4.78 is 0.814. The van der Waals surface area contributed by atoms with Crippen LogP contribution < -0.4 is 4.90 Å². The van der Waals surface area contributed by atoms with Crippen molar-refractivity contribution in [2.75, 3.05) is 4.90 Å². The van der Waals surface area contributed by atoms with E-state index in [1.807, 2.05) is 12.1 Å². The number of benzene rings is 2. The lowest BCUT2D eigenvalue weighted by molar-refractivity contribution is 0.0697. The molecule has 3 rings (SSSR count). The standard InChI is InChI=1S/C16H14INO3/c17-7-12-6-14(19)3-4-15(12)18-8-11-2-1-10(16(20)21)5-13(11)9-18/h1-6,19H,7-9H2,(H,20,21). The third-order valence-electron chi connectivity index (χ3n) is 3.72. The number of carboxylic acid groups (broad SMARTS) is 1. The van der Waals surface area contributed by atoms with Crippen LogP contribution in [0.4, 0.5) is 5.69 Å². The molecule has 4 nitrogen and oxygen atoms in total. The van der Waals surface area contributed by atoms with Gasteiger partial charge in [0.2, 0.25) is 0 Å². The van der Waals surface area contributed by atoms with Crippen molar-refractivity contribution in [3.63, 3.8) is 0 Å². The topological polar surface area (TPSA) is 60.8 Å². The normalized spacial score (nSPS) is 13.3. The number of aromatic hydroxyl groups is 1. The largest absolute Gasteiger partial charge is 0.508 e. The van der Waals surface area contributed by atoms with Crippen molar-refractivity contribution in [3.05, 3.63) is 58.7 Å². The van der Waals surface area contributed by atoms with Crippen molar-refractivity contribution in [2.45, 2.75) is 17.5 Å². The van der Waals surface area contributed by atoms with E-state index in [1.165, 1.54) is 0 Å².